The lowest BCUT2D eigenvalue weighted by atomic mass is 9.94. The van der Waals surface area contributed by atoms with Crippen molar-refractivity contribution in [3.05, 3.63) is 53.2 Å². The maximum atomic E-state index is 2.43. The third-order valence-corrected chi connectivity index (χ3v) is 4.99. The molecule has 1 heterocycles. The van der Waals surface area contributed by atoms with Crippen molar-refractivity contribution in [1.82, 2.24) is 0 Å². The summed E-state index contributed by atoms with van der Waals surface area (Å²) in [5.74, 6) is 0.904. The lowest BCUT2D eigenvalue weighted by Gasteiger charge is -2.13. The first kappa shape index (κ1) is 14.3. The summed E-state index contributed by atoms with van der Waals surface area (Å²) in [5.41, 5.74) is 7.02. The summed E-state index contributed by atoms with van der Waals surface area (Å²) < 4.78 is 2.27. The monoisotopic (exact) mass is 280 g/mol. The molecule has 1 heteroatoms. The highest BCUT2D eigenvalue weighted by molar-refractivity contribution is 5.61. The van der Waals surface area contributed by atoms with E-state index in [0.29, 0.717) is 0 Å². The van der Waals surface area contributed by atoms with Crippen molar-refractivity contribution in [3.8, 4) is 11.3 Å². The minimum absolute atomic E-state index is 0.904. The van der Waals surface area contributed by atoms with Crippen LogP contribution in [0.15, 0.2) is 36.5 Å². The van der Waals surface area contributed by atoms with Gasteiger partial charge in [0.05, 0.1) is 0 Å². The van der Waals surface area contributed by atoms with Crippen LogP contribution in [0.1, 0.15) is 42.4 Å². The number of aromatic nitrogens is 1. The number of rotatable bonds is 3. The van der Waals surface area contributed by atoms with Crippen LogP contribution in [0.3, 0.4) is 0 Å². The first-order chi connectivity index (χ1) is 10.1. The van der Waals surface area contributed by atoms with E-state index in [9.17, 15) is 0 Å². The molecule has 3 rings (SSSR count). The van der Waals surface area contributed by atoms with Crippen LogP contribution in [0.5, 0.6) is 0 Å². The van der Waals surface area contributed by atoms with Gasteiger partial charge in [-0.05, 0) is 43.4 Å². The molecular formula is C20H26N+. The smallest absolute Gasteiger partial charge is 0.201 e. The van der Waals surface area contributed by atoms with Crippen LogP contribution < -0.4 is 4.57 Å². The number of benzene rings is 1. The van der Waals surface area contributed by atoms with E-state index in [-0.39, 0.29) is 0 Å². The fourth-order valence-corrected chi connectivity index (χ4v) is 3.70. The normalized spacial score (nSPS) is 15.6. The SMILES string of the molecule is Cc1c[n+](C)c(-c2ccccc2C)cc1CC1CCCC1. The molecule has 1 aromatic carbocycles. The number of pyridine rings is 1. The molecule has 0 amide bonds. The Morgan fingerprint density at radius 1 is 1.05 bits per heavy atom. The lowest BCUT2D eigenvalue weighted by molar-refractivity contribution is -0.660. The summed E-state index contributed by atoms with van der Waals surface area (Å²) in [6, 6.07) is 11.1. The summed E-state index contributed by atoms with van der Waals surface area (Å²) >= 11 is 0. The van der Waals surface area contributed by atoms with Crippen LogP contribution in [0.4, 0.5) is 0 Å². The summed E-state index contributed by atoms with van der Waals surface area (Å²) in [4.78, 5) is 0. The fourth-order valence-electron chi connectivity index (χ4n) is 3.70. The number of hydrogen-bond acceptors (Lipinski definition) is 0. The van der Waals surface area contributed by atoms with Gasteiger partial charge in [-0.1, -0.05) is 43.9 Å². The molecule has 0 saturated heterocycles. The van der Waals surface area contributed by atoms with Gasteiger partial charge in [0.25, 0.3) is 0 Å². The highest BCUT2D eigenvalue weighted by Gasteiger charge is 2.20. The van der Waals surface area contributed by atoms with E-state index in [0.717, 1.165) is 5.92 Å². The van der Waals surface area contributed by atoms with Crippen LogP contribution in [-0.2, 0) is 13.5 Å². The average Bonchev–Trinajstić information content (AvgIpc) is 2.96. The average molecular weight is 280 g/mol. The zero-order chi connectivity index (χ0) is 14.8. The fraction of sp³-hybridized carbons (Fsp3) is 0.450. The van der Waals surface area contributed by atoms with E-state index in [4.69, 9.17) is 0 Å². The predicted octanol–water partition coefficient (Wildman–Crippen LogP) is 4.53. The zero-order valence-electron chi connectivity index (χ0n) is 13.5. The second kappa shape index (κ2) is 6.01. The molecule has 0 bridgehead atoms. The Hall–Kier alpha value is -1.63. The van der Waals surface area contributed by atoms with Crippen molar-refractivity contribution in [2.45, 2.75) is 46.0 Å². The van der Waals surface area contributed by atoms with Crippen LogP contribution in [0.25, 0.3) is 11.3 Å². The molecule has 0 unspecified atom stereocenters. The second-order valence-corrected chi connectivity index (χ2v) is 6.65. The highest BCUT2D eigenvalue weighted by Crippen LogP contribution is 2.30. The molecule has 21 heavy (non-hydrogen) atoms. The molecule has 2 aromatic rings. The van der Waals surface area contributed by atoms with Crippen LogP contribution in [0.2, 0.25) is 0 Å². The number of hydrogen-bond donors (Lipinski definition) is 0. The maximum absolute atomic E-state index is 2.43. The molecule has 0 spiro atoms. The second-order valence-electron chi connectivity index (χ2n) is 6.65. The minimum atomic E-state index is 0.904. The number of aryl methyl sites for hydroxylation is 3. The van der Waals surface area contributed by atoms with E-state index in [1.807, 2.05) is 0 Å². The maximum Gasteiger partial charge on any atom is 0.212 e. The van der Waals surface area contributed by atoms with Gasteiger partial charge in [0.15, 0.2) is 6.20 Å². The Morgan fingerprint density at radius 3 is 2.48 bits per heavy atom. The summed E-state index contributed by atoms with van der Waals surface area (Å²) in [6.45, 7) is 4.46. The van der Waals surface area contributed by atoms with Crippen molar-refractivity contribution in [1.29, 1.82) is 0 Å². The Labute approximate surface area is 128 Å². The Balaban J connectivity index is 1.99. The first-order valence-electron chi connectivity index (χ1n) is 8.20. The molecular weight excluding hydrogens is 254 g/mol. The molecule has 1 aliphatic carbocycles. The van der Waals surface area contributed by atoms with Gasteiger partial charge in [0.1, 0.15) is 7.05 Å². The third kappa shape index (κ3) is 3.02. The van der Waals surface area contributed by atoms with Gasteiger partial charge in [-0.15, -0.1) is 0 Å². The van der Waals surface area contributed by atoms with Crippen LogP contribution >= 0.6 is 0 Å². The standard InChI is InChI=1S/C20H26N/c1-15-8-4-7-11-19(15)20-13-18(16(2)14-21(20)3)12-17-9-5-6-10-17/h4,7-8,11,13-14,17H,5-6,9-10,12H2,1-3H3/q+1. The Kier molecular flexibility index (Phi) is 4.10. The zero-order valence-corrected chi connectivity index (χ0v) is 13.5. The van der Waals surface area contributed by atoms with Gasteiger partial charge in [0.2, 0.25) is 5.69 Å². The largest absolute Gasteiger partial charge is 0.212 e. The van der Waals surface area contributed by atoms with E-state index in [1.54, 1.807) is 5.56 Å². The molecule has 0 atom stereocenters. The summed E-state index contributed by atoms with van der Waals surface area (Å²) in [6.07, 6.45) is 9.24. The molecule has 1 fully saturated rings. The van der Waals surface area contributed by atoms with Crippen molar-refractivity contribution in [2.24, 2.45) is 13.0 Å². The van der Waals surface area contributed by atoms with Gasteiger partial charge in [-0.25, -0.2) is 4.57 Å². The molecule has 0 radical (unpaired) electrons. The molecule has 0 N–H and O–H groups in total. The van der Waals surface area contributed by atoms with Gasteiger partial charge in [0, 0.05) is 17.2 Å². The Bertz CT molecular complexity index is 636. The topological polar surface area (TPSA) is 3.88 Å². The van der Waals surface area contributed by atoms with Crippen LogP contribution in [-0.4, -0.2) is 0 Å². The molecule has 1 aliphatic rings. The van der Waals surface area contributed by atoms with Gasteiger partial charge in [-0.2, -0.15) is 0 Å². The van der Waals surface area contributed by atoms with Crippen molar-refractivity contribution in [2.75, 3.05) is 0 Å². The van der Waals surface area contributed by atoms with Gasteiger partial charge < -0.3 is 0 Å². The number of nitrogens with zero attached hydrogens (tertiary/aromatic N) is 1. The lowest BCUT2D eigenvalue weighted by Crippen LogP contribution is -2.32. The van der Waals surface area contributed by atoms with Crippen LogP contribution in [0, 0.1) is 19.8 Å². The molecule has 1 aromatic heterocycles. The van der Waals surface area contributed by atoms with Gasteiger partial charge >= 0.3 is 0 Å². The molecule has 1 nitrogen and oxygen atoms in total. The van der Waals surface area contributed by atoms with E-state index in [2.05, 4.69) is 62.0 Å². The molecule has 110 valence electrons. The summed E-state index contributed by atoms with van der Waals surface area (Å²) in [5, 5.41) is 0. The molecule has 0 aliphatic heterocycles. The third-order valence-electron chi connectivity index (χ3n) is 4.99. The quantitative estimate of drug-likeness (QED) is 0.727. The van der Waals surface area contributed by atoms with Crippen molar-refractivity contribution in [3.63, 3.8) is 0 Å². The van der Waals surface area contributed by atoms with E-state index < -0.39 is 0 Å². The molecule has 1 saturated carbocycles. The summed E-state index contributed by atoms with van der Waals surface area (Å²) in [7, 11) is 2.16. The minimum Gasteiger partial charge on any atom is -0.201 e. The van der Waals surface area contributed by atoms with E-state index >= 15 is 0 Å². The van der Waals surface area contributed by atoms with E-state index in [1.165, 1.54) is 54.5 Å². The predicted molar refractivity (Wildman–Crippen MR) is 88.2 cm³/mol. The first-order valence-corrected chi connectivity index (χ1v) is 8.20. The van der Waals surface area contributed by atoms with Crippen molar-refractivity contribution >= 4 is 0 Å². The van der Waals surface area contributed by atoms with Crippen molar-refractivity contribution < 1.29 is 4.57 Å². The van der Waals surface area contributed by atoms with Gasteiger partial charge in [-0.3, -0.25) is 0 Å². The highest BCUT2D eigenvalue weighted by atomic mass is 14.9. The Morgan fingerprint density at radius 2 is 1.76 bits per heavy atom.